The minimum absolute atomic E-state index is 0.0405. The van der Waals surface area contributed by atoms with E-state index in [0.29, 0.717) is 17.3 Å². The number of likely N-dealkylation sites (N-methyl/N-ethyl adjacent to an activating group) is 1. The van der Waals surface area contributed by atoms with Crippen molar-refractivity contribution in [2.75, 3.05) is 13.6 Å². The van der Waals surface area contributed by atoms with E-state index in [-0.39, 0.29) is 5.91 Å². The van der Waals surface area contributed by atoms with E-state index in [4.69, 9.17) is 11.6 Å². The van der Waals surface area contributed by atoms with Crippen LogP contribution in [-0.2, 0) is 6.42 Å². The van der Waals surface area contributed by atoms with Crippen molar-refractivity contribution in [3.63, 3.8) is 0 Å². The van der Waals surface area contributed by atoms with Gasteiger partial charge >= 0.3 is 0 Å². The zero-order valence-electron chi connectivity index (χ0n) is 11.6. The second kappa shape index (κ2) is 6.53. The number of hydrogen-bond donors (Lipinski definition) is 0. The third-order valence-corrected chi connectivity index (χ3v) is 3.40. The number of aryl methyl sites for hydroxylation is 1. The highest BCUT2D eigenvalue weighted by Gasteiger charge is 2.11. The van der Waals surface area contributed by atoms with E-state index in [2.05, 4.69) is 36.2 Å². The maximum Gasteiger partial charge on any atom is 0.255 e. The molecule has 0 saturated carbocycles. The molecule has 0 fully saturated rings. The molecule has 0 N–H and O–H groups in total. The highest BCUT2D eigenvalue weighted by Crippen LogP contribution is 2.09. The lowest BCUT2D eigenvalue weighted by molar-refractivity contribution is 0.0796. The van der Waals surface area contributed by atoms with Gasteiger partial charge in [0.05, 0.1) is 5.56 Å². The molecule has 0 bridgehead atoms. The van der Waals surface area contributed by atoms with E-state index in [1.165, 1.54) is 17.3 Å². The highest BCUT2D eigenvalue weighted by atomic mass is 35.5. The van der Waals surface area contributed by atoms with Gasteiger partial charge in [-0.3, -0.25) is 4.79 Å². The molecule has 104 valence electrons. The third-order valence-electron chi connectivity index (χ3n) is 3.18. The van der Waals surface area contributed by atoms with E-state index >= 15 is 0 Å². The third kappa shape index (κ3) is 3.81. The second-order valence-electron chi connectivity index (χ2n) is 4.83. The van der Waals surface area contributed by atoms with Crippen molar-refractivity contribution in [2.24, 2.45) is 0 Å². The van der Waals surface area contributed by atoms with Gasteiger partial charge in [-0.15, -0.1) is 0 Å². The van der Waals surface area contributed by atoms with Gasteiger partial charge in [0.15, 0.2) is 0 Å². The maximum atomic E-state index is 12.2. The quantitative estimate of drug-likeness (QED) is 0.808. The van der Waals surface area contributed by atoms with Crippen molar-refractivity contribution in [2.45, 2.75) is 13.3 Å². The fourth-order valence-electron chi connectivity index (χ4n) is 1.88. The first-order valence-electron chi connectivity index (χ1n) is 6.49. The summed E-state index contributed by atoms with van der Waals surface area (Å²) in [7, 11) is 1.80. The minimum atomic E-state index is -0.0405. The number of carbonyl (C=O) groups excluding carboxylic acids is 1. The summed E-state index contributed by atoms with van der Waals surface area (Å²) in [6, 6.07) is 11.7. The van der Waals surface area contributed by atoms with Crippen molar-refractivity contribution in [1.82, 2.24) is 9.88 Å². The first-order valence-corrected chi connectivity index (χ1v) is 6.86. The lowest BCUT2D eigenvalue weighted by atomic mass is 10.1. The van der Waals surface area contributed by atoms with Crippen LogP contribution in [-0.4, -0.2) is 29.4 Å². The molecule has 0 saturated heterocycles. The summed E-state index contributed by atoms with van der Waals surface area (Å²) < 4.78 is 0. The Balaban J connectivity index is 1.94. The summed E-state index contributed by atoms with van der Waals surface area (Å²) >= 11 is 5.71. The molecule has 0 spiro atoms. The molecule has 4 heteroatoms. The highest BCUT2D eigenvalue weighted by molar-refractivity contribution is 6.29. The summed E-state index contributed by atoms with van der Waals surface area (Å²) in [4.78, 5) is 17.8. The molecule has 2 rings (SSSR count). The van der Waals surface area contributed by atoms with Gasteiger partial charge in [-0.1, -0.05) is 41.4 Å². The Kier molecular flexibility index (Phi) is 4.74. The maximum absolute atomic E-state index is 12.2. The lowest BCUT2D eigenvalue weighted by Crippen LogP contribution is -2.28. The zero-order valence-corrected chi connectivity index (χ0v) is 12.4. The molecule has 0 atom stereocenters. The van der Waals surface area contributed by atoms with Crippen LogP contribution in [0.1, 0.15) is 21.5 Å². The predicted molar refractivity (Wildman–Crippen MR) is 81.1 cm³/mol. The standard InChI is InChI=1S/C16H17ClN2O/c1-12-3-5-13(6-4-12)9-10-19(2)16(20)14-7-8-15(17)18-11-14/h3-8,11H,9-10H2,1-2H3. The fourth-order valence-corrected chi connectivity index (χ4v) is 1.99. The van der Waals surface area contributed by atoms with Crippen molar-refractivity contribution in [3.8, 4) is 0 Å². The van der Waals surface area contributed by atoms with E-state index in [1.807, 2.05) is 0 Å². The number of rotatable bonds is 4. The number of halogens is 1. The van der Waals surface area contributed by atoms with Gasteiger partial charge in [0.25, 0.3) is 5.91 Å². The van der Waals surface area contributed by atoms with Crippen molar-refractivity contribution >= 4 is 17.5 Å². The van der Waals surface area contributed by atoms with Gasteiger partial charge in [0, 0.05) is 19.8 Å². The average molecular weight is 289 g/mol. The minimum Gasteiger partial charge on any atom is -0.341 e. The van der Waals surface area contributed by atoms with E-state index in [0.717, 1.165) is 6.42 Å². The Hall–Kier alpha value is -1.87. The summed E-state index contributed by atoms with van der Waals surface area (Å²) in [5.41, 5.74) is 3.02. The van der Waals surface area contributed by atoms with Gasteiger partial charge in [-0.25, -0.2) is 4.98 Å². The number of nitrogens with zero attached hydrogens (tertiary/aromatic N) is 2. The number of hydrogen-bond acceptors (Lipinski definition) is 2. The first-order chi connectivity index (χ1) is 9.56. The van der Waals surface area contributed by atoms with Gasteiger partial charge < -0.3 is 4.90 Å². The molecular weight excluding hydrogens is 272 g/mol. The number of amides is 1. The van der Waals surface area contributed by atoms with Crippen LogP contribution in [0.3, 0.4) is 0 Å². The first kappa shape index (κ1) is 14.5. The van der Waals surface area contributed by atoms with Crippen LogP contribution < -0.4 is 0 Å². The van der Waals surface area contributed by atoms with Crippen molar-refractivity contribution in [3.05, 3.63) is 64.4 Å². The molecule has 20 heavy (non-hydrogen) atoms. The Morgan fingerprint density at radius 2 is 1.90 bits per heavy atom. The second-order valence-corrected chi connectivity index (χ2v) is 5.22. The summed E-state index contributed by atoms with van der Waals surface area (Å²) in [6.45, 7) is 2.73. The van der Waals surface area contributed by atoms with Crippen LogP contribution in [0.15, 0.2) is 42.6 Å². The van der Waals surface area contributed by atoms with Crippen LogP contribution >= 0.6 is 11.6 Å². The molecule has 3 nitrogen and oxygen atoms in total. The smallest absolute Gasteiger partial charge is 0.255 e. The summed E-state index contributed by atoms with van der Waals surface area (Å²) in [6.07, 6.45) is 2.34. The largest absolute Gasteiger partial charge is 0.341 e. The number of pyridine rings is 1. The molecule has 2 aromatic rings. The SMILES string of the molecule is Cc1ccc(CCN(C)C(=O)c2ccc(Cl)nc2)cc1. The van der Waals surface area contributed by atoms with Gasteiger partial charge in [0.2, 0.25) is 0 Å². The predicted octanol–water partition coefficient (Wildman–Crippen LogP) is 3.36. The van der Waals surface area contributed by atoms with E-state index < -0.39 is 0 Å². The van der Waals surface area contributed by atoms with Crippen LogP contribution in [0.5, 0.6) is 0 Å². The summed E-state index contributed by atoms with van der Waals surface area (Å²) in [5.74, 6) is -0.0405. The van der Waals surface area contributed by atoms with Crippen molar-refractivity contribution < 1.29 is 4.79 Å². The van der Waals surface area contributed by atoms with Crippen LogP contribution in [0.25, 0.3) is 0 Å². The number of aromatic nitrogens is 1. The monoisotopic (exact) mass is 288 g/mol. The van der Waals surface area contributed by atoms with E-state index in [1.54, 1.807) is 24.1 Å². The van der Waals surface area contributed by atoms with E-state index in [9.17, 15) is 4.79 Å². The molecule has 1 aromatic carbocycles. The molecule has 1 aromatic heterocycles. The number of carbonyl (C=O) groups is 1. The normalized spacial score (nSPS) is 10.3. The Bertz CT molecular complexity index is 578. The molecule has 0 unspecified atom stereocenters. The van der Waals surface area contributed by atoms with Gasteiger partial charge in [0.1, 0.15) is 5.15 Å². The molecular formula is C16H17ClN2O. The Morgan fingerprint density at radius 1 is 1.20 bits per heavy atom. The van der Waals surface area contributed by atoms with Gasteiger partial charge in [-0.2, -0.15) is 0 Å². The lowest BCUT2D eigenvalue weighted by Gasteiger charge is -2.17. The van der Waals surface area contributed by atoms with Crippen LogP contribution in [0.4, 0.5) is 0 Å². The summed E-state index contributed by atoms with van der Waals surface area (Å²) in [5, 5.41) is 0.392. The Morgan fingerprint density at radius 3 is 2.50 bits per heavy atom. The fraction of sp³-hybridized carbons (Fsp3) is 0.250. The molecule has 1 amide bonds. The van der Waals surface area contributed by atoms with Crippen molar-refractivity contribution in [1.29, 1.82) is 0 Å². The van der Waals surface area contributed by atoms with Crippen LogP contribution in [0, 0.1) is 6.92 Å². The molecule has 0 radical (unpaired) electrons. The average Bonchev–Trinajstić information content (AvgIpc) is 2.46. The zero-order chi connectivity index (χ0) is 14.5. The van der Waals surface area contributed by atoms with Crippen LogP contribution in [0.2, 0.25) is 5.15 Å². The Labute approximate surface area is 124 Å². The molecule has 0 aliphatic carbocycles. The molecule has 0 aliphatic heterocycles. The topological polar surface area (TPSA) is 33.2 Å². The van der Waals surface area contributed by atoms with Gasteiger partial charge in [-0.05, 0) is 31.0 Å². The number of benzene rings is 1. The molecule has 1 heterocycles. The molecule has 0 aliphatic rings.